The highest BCUT2D eigenvalue weighted by Crippen LogP contribution is 2.26. The van der Waals surface area contributed by atoms with Crippen LogP contribution >= 0.6 is 0 Å². The molecule has 0 saturated heterocycles. The van der Waals surface area contributed by atoms with Gasteiger partial charge >= 0.3 is 5.97 Å². The van der Waals surface area contributed by atoms with E-state index in [2.05, 4.69) is 5.10 Å². The van der Waals surface area contributed by atoms with Gasteiger partial charge in [0, 0.05) is 12.1 Å². The first kappa shape index (κ1) is 17.2. The van der Waals surface area contributed by atoms with Crippen molar-refractivity contribution < 1.29 is 19.2 Å². The number of esters is 1. The first-order valence-electron chi connectivity index (χ1n) is 7.83. The Bertz CT molecular complexity index is 920. The molecule has 26 heavy (non-hydrogen) atoms. The molecule has 8 heteroatoms. The summed E-state index contributed by atoms with van der Waals surface area (Å²) in [6.07, 6.45) is 0. The molecule has 0 spiro atoms. The van der Waals surface area contributed by atoms with Crippen LogP contribution in [0.4, 0.5) is 5.69 Å². The predicted octanol–water partition coefficient (Wildman–Crippen LogP) is 3.40. The van der Waals surface area contributed by atoms with Gasteiger partial charge in [0.15, 0.2) is 0 Å². The van der Waals surface area contributed by atoms with Crippen molar-refractivity contribution in [3.63, 3.8) is 0 Å². The summed E-state index contributed by atoms with van der Waals surface area (Å²) >= 11 is 0. The second-order valence-electron chi connectivity index (χ2n) is 5.19. The fourth-order valence-electron chi connectivity index (χ4n) is 2.26. The summed E-state index contributed by atoms with van der Waals surface area (Å²) in [7, 11) is 0. The van der Waals surface area contributed by atoms with Gasteiger partial charge in [-0.1, -0.05) is 18.2 Å². The van der Waals surface area contributed by atoms with Gasteiger partial charge in [0.25, 0.3) is 5.69 Å². The molecule has 0 unspecified atom stereocenters. The van der Waals surface area contributed by atoms with Crippen LogP contribution in [0.1, 0.15) is 17.3 Å². The molecule has 3 aromatic rings. The Morgan fingerprint density at radius 3 is 2.46 bits per heavy atom. The average Bonchev–Trinajstić information content (AvgIpc) is 3.05. The first-order valence-corrected chi connectivity index (χ1v) is 7.83. The Morgan fingerprint density at radius 1 is 1.15 bits per heavy atom. The third-order valence-electron chi connectivity index (χ3n) is 3.46. The molecule has 1 heterocycles. The number of ether oxygens (including phenoxy) is 2. The highest BCUT2D eigenvalue weighted by atomic mass is 16.6. The second-order valence-corrected chi connectivity index (χ2v) is 5.19. The highest BCUT2D eigenvalue weighted by Gasteiger charge is 2.17. The SMILES string of the molecule is CCOc1cc(OC(=O)c2ccccc2)n(-c2ccc([N+](=O)[O-])cc2)n1. The molecule has 0 radical (unpaired) electrons. The lowest BCUT2D eigenvalue weighted by Gasteiger charge is -2.07. The number of carbonyl (C=O) groups excluding carboxylic acids is 1. The zero-order valence-electron chi connectivity index (χ0n) is 13.9. The van der Waals surface area contributed by atoms with Gasteiger partial charge in [0.05, 0.1) is 28.8 Å². The number of rotatable bonds is 6. The summed E-state index contributed by atoms with van der Waals surface area (Å²) in [4.78, 5) is 22.6. The molecule has 0 saturated carbocycles. The van der Waals surface area contributed by atoms with Crippen molar-refractivity contribution in [2.45, 2.75) is 6.92 Å². The summed E-state index contributed by atoms with van der Waals surface area (Å²) in [5.74, 6) is -0.116. The van der Waals surface area contributed by atoms with Crippen molar-refractivity contribution in [3.8, 4) is 17.4 Å². The standard InChI is InChI=1S/C18H15N3O5/c1-2-25-16-12-17(26-18(22)13-6-4-3-5-7-13)20(19-16)14-8-10-15(11-9-14)21(23)24/h3-12H,2H2,1H3. The molecule has 0 aliphatic heterocycles. The number of non-ortho nitro benzene ring substituents is 1. The van der Waals surface area contributed by atoms with Crippen molar-refractivity contribution in [1.82, 2.24) is 9.78 Å². The summed E-state index contributed by atoms with van der Waals surface area (Å²) in [6, 6.07) is 15.8. The lowest BCUT2D eigenvalue weighted by atomic mass is 10.2. The van der Waals surface area contributed by atoms with E-state index in [9.17, 15) is 14.9 Å². The van der Waals surface area contributed by atoms with Crippen molar-refractivity contribution in [2.24, 2.45) is 0 Å². The number of aromatic nitrogens is 2. The number of carbonyl (C=O) groups is 1. The van der Waals surface area contributed by atoms with Gasteiger partial charge in [0.1, 0.15) is 0 Å². The van der Waals surface area contributed by atoms with E-state index in [-0.39, 0.29) is 17.4 Å². The molecule has 0 fully saturated rings. The zero-order valence-corrected chi connectivity index (χ0v) is 13.9. The molecular weight excluding hydrogens is 338 g/mol. The van der Waals surface area contributed by atoms with Gasteiger partial charge in [-0.05, 0) is 31.2 Å². The smallest absolute Gasteiger partial charge is 0.344 e. The van der Waals surface area contributed by atoms with Crippen LogP contribution in [0, 0.1) is 10.1 Å². The number of benzene rings is 2. The van der Waals surface area contributed by atoms with Crippen molar-refractivity contribution in [2.75, 3.05) is 6.61 Å². The summed E-state index contributed by atoms with van der Waals surface area (Å²) < 4.78 is 12.2. The Hall–Kier alpha value is -3.68. The number of hydrogen-bond acceptors (Lipinski definition) is 6. The summed E-state index contributed by atoms with van der Waals surface area (Å²) in [5, 5.41) is 15.0. The van der Waals surface area contributed by atoms with Crippen LogP contribution < -0.4 is 9.47 Å². The van der Waals surface area contributed by atoms with E-state index in [1.807, 2.05) is 0 Å². The van der Waals surface area contributed by atoms with Crippen LogP contribution in [-0.4, -0.2) is 27.3 Å². The minimum Gasteiger partial charge on any atom is -0.477 e. The topological polar surface area (TPSA) is 96.5 Å². The van der Waals surface area contributed by atoms with Crippen LogP contribution in [0.3, 0.4) is 0 Å². The fraction of sp³-hybridized carbons (Fsp3) is 0.111. The second kappa shape index (κ2) is 7.47. The molecule has 0 aliphatic carbocycles. The van der Waals surface area contributed by atoms with Gasteiger partial charge in [0.2, 0.25) is 11.8 Å². The molecule has 8 nitrogen and oxygen atoms in total. The maximum Gasteiger partial charge on any atom is 0.344 e. The van der Waals surface area contributed by atoms with E-state index >= 15 is 0 Å². The zero-order chi connectivity index (χ0) is 18.5. The number of nitro benzene ring substituents is 1. The van der Waals surface area contributed by atoms with E-state index in [0.29, 0.717) is 17.9 Å². The Morgan fingerprint density at radius 2 is 1.85 bits per heavy atom. The normalized spacial score (nSPS) is 10.3. The third-order valence-corrected chi connectivity index (χ3v) is 3.46. The van der Waals surface area contributed by atoms with Gasteiger partial charge < -0.3 is 9.47 Å². The molecule has 0 atom stereocenters. The van der Waals surface area contributed by atoms with Crippen molar-refractivity contribution in [3.05, 3.63) is 76.3 Å². The fourth-order valence-corrected chi connectivity index (χ4v) is 2.26. The van der Waals surface area contributed by atoms with E-state index in [1.54, 1.807) is 37.3 Å². The van der Waals surface area contributed by atoms with Gasteiger partial charge in [-0.3, -0.25) is 10.1 Å². The molecule has 0 amide bonds. The molecule has 2 aromatic carbocycles. The molecule has 1 aromatic heterocycles. The molecule has 0 aliphatic rings. The third kappa shape index (κ3) is 3.69. The summed E-state index contributed by atoms with van der Waals surface area (Å²) in [5.41, 5.74) is 0.841. The quantitative estimate of drug-likeness (QED) is 0.383. The van der Waals surface area contributed by atoms with Crippen LogP contribution in [0.2, 0.25) is 0 Å². The molecule has 3 rings (SSSR count). The van der Waals surface area contributed by atoms with Gasteiger partial charge in [-0.2, -0.15) is 4.68 Å². The minimum atomic E-state index is -0.545. The summed E-state index contributed by atoms with van der Waals surface area (Å²) in [6.45, 7) is 2.20. The first-order chi connectivity index (χ1) is 12.6. The maximum absolute atomic E-state index is 12.3. The Kier molecular flexibility index (Phi) is 4.93. The largest absolute Gasteiger partial charge is 0.477 e. The van der Waals surface area contributed by atoms with Crippen molar-refractivity contribution >= 4 is 11.7 Å². The van der Waals surface area contributed by atoms with Crippen LogP contribution in [-0.2, 0) is 0 Å². The Labute approximate surface area is 148 Å². The van der Waals surface area contributed by atoms with Gasteiger partial charge in [-0.15, -0.1) is 5.10 Å². The molecule has 132 valence electrons. The van der Waals surface area contributed by atoms with E-state index in [1.165, 1.54) is 35.0 Å². The number of nitro groups is 1. The molecule has 0 N–H and O–H groups in total. The monoisotopic (exact) mass is 353 g/mol. The van der Waals surface area contributed by atoms with Gasteiger partial charge in [-0.25, -0.2) is 4.79 Å². The number of nitrogens with zero attached hydrogens (tertiary/aromatic N) is 3. The van der Waals surface area contributed by atoms with Crippen LogP contribution in [0.15, 0.2) is 60.7 Å². The Balaban J connectivity index is 1.93. The molecular formula is C18H15N3O5. The van der Waals surface area contributed by atoms with E-state index in [0.717, 1.165) is 0 Å². The maximum atomic E-state index is 12.3. The van der Waals surface area contributed by atoms with Crippen LogP contribution in [0.5, 0.6) is 11.8 Å². The predicted molar refractivity (Wildman–Crippen MR) is 92.8 cm³/mol. The van der Waals surface area contributed by atoms with E-state index in [4.69, 9.17) is 9.47 Å². The lowest BCUT2D eigenvalue weighted by Crippen LogP contribution is -2.11. The molecule has 0 bridgehead atoms. The van der Waals surface area contributed by atoms with Crippen molar-refractivity contribution in [1.29, 1.82) is 0 Å². The highest BCUT2D eigenvalue weighted by molar-refractivity contribution is 5.90. The van der Waals surface area contributed by atoms with E-state index < -0.39 is 10.9 Å². The lowest BCUT2D eigenvalue weighted by molar-refractivity contribution is -0.384. The average molecular weight is 353 g/mol. The number of hydrogen-bond donors (Lipinski definition) is 0. The van der Waals surface area contributed by atoms with Crippen LogP contribution in [0.25, 0.3) is 5.69 Å². The minimum absolute atomic E-state index is 0.0474.